The number of hydrogen-bond acceptors (Lipinski definition) is 2. The van der Waals surface area contributed by atoms with Gasteiger partial charge in [-0.1, -0.05) is 25.1 Å². The number of unbranched alkanes of at least 4 members (excludes halogenated alkanes) is 2. The summed E-state index contributed by atoms with van der Waals surface area (Å²) < 4.78 is 2.29. The molecule has 0 radical (unpaired) electrons. The van der Waals surface area contributed by atoms with Crippen LogP contribution in [-0.2, 0) is 17.8 Å². The van der Waals surface area contributed by atoms with Crippen LogP contribution in [-0.4, -0.2) is 22.0 Å². The van der Waals surface area contributed by atoms with E-state index in [4.69, 9.17) is 4.98 Å². The Morgan fingerprint density at radius 2 is 2.05 bits per heavy atom. The van der Waals surface area contributed by atoms with E-state index in [1.165, 1.54) is 5.52 Å². The zero-order valence-corrected chi connectivity index (χ0v) is 13.6. The Balaban J connectivity index is 1.80. The summed E-state index contributed by atoms with van der Waals surface area (Å²) in [5.41, 5.74) is 2.86. The van der Waals surface area contributed by atoms with Crippen molar-refractivity contribution in [3.05, 3.63) is 42.2 Å². The Kier molecular flexibility index (Phi) is 5.75. The number of nitrogens with zero attached hydrogens (tertiary/aromatic N) is 2. The van der Waals surface area contributed by atoms with Gasteiger partial charge in [-0.2, -0.15) is 0 Å². The van der Waals surface area contributed by atoms with Gasteiger partial charge in [0, 0.05) is 25.1 Å². The molecule has 118 valence electrons. The molecule has 1 aromatic carbocycles. The topological polar surface area (TPSA) is 46.9 Å². The lowest BCUT2D eigenvalue weighted by Crippen LogP contribution is -2.24. The second kappa shape index (κ2) is 7.78. The van der Waals surface area contributed by atoms with Gasteiger partial charge in [0.05, 0.1) is 11.0 Å². The molecular formula is C18H25N3O. The van der Waals surface area contributed by atoms with Gasteiger partial charge in [-0.05, 0) is 38.8 Å². The lowest BCUT2D eigenvalue weighted by molar-refractivity contribution is -0.117. The van der Waals surface area contributed by atoms with E-state index in [9.17, 15) is 4.79 Å². The number of carbonyl (C=O) groups excluding carboxylic acids is 1. The molecule has 2 aromatic rings. The molecule has 0 unspecified atom stereocenters. The molecule has 1 heterocycles. The Morgan fingerprint density at radius 1 is 1.27 bits per heavy atom. The summed E-state index contributed by atoms with van der Waals surface area (Å²) in [6.45, 7) is 9.18. The van der Waals surface area contributed by atoms with Crippen LogP contribution < -0.4 is 5.32 Å². The highest BCUT2D eigenvalue weighted by molar-refractivity contribution is 5.92. The molecule has 0 aliphatic heterocycles. The molecule has 0 bridgehead atoms. The van der Waals surface area contributed by atoms with Gasteiger partial charge in [0.25, 0.3) is 0 Å². The number of imidazole rings is 1. The molecule has 4 heteroatoms. The van der Waals surface area contributed by atoms with Gasteiger partial charge in [0.2, 0.25) is 5.91 Å². The van der Waals surface area contributed by atoms with Crippen LogP contribution in [0.1, 0.15) is 38.9 Å². The van der Waals surface area contributed by atoms with E-state index in [2.05, 4.69) is 41.6 Å². The van der Waals surface area contributed by atoms with Gasteiger partial charge in [-0.15, -0.1) is 0 Å². The van der Waals surface area contributed by atoms with Crippen LogP contribution in [0.15, 0.2) is 36.4 Å². The first-order valence-corrected chi connectivity index (χ1v) is 8.01. The van der Waals surface area contributed by atoms with Crippen LogP contribution in [0.4, 0.5) is 0 Å². The highest BCUT2D eigenvalue weighted by Gasteiger charge is 2.08. The summed E-state index contributed by atoms with van der Waals surface area (Å²) >= 11 is 0. The molecule has 1 N–H and O–H groups in total. The number of rotatable bonds is 8. The standard InChI is InChI=1S/C18H25N3O/c1-4-21-16-11-8-7-10-15(16)20-17(21)12-6-5-9-13-19-18(22)14(2)3/h7-8,10-11H,2,4-6,9,12-13H2,1,3H3,(H,19,22). The second-order valence-corrected chi connectivity index (χ2v) is 5.61. The summed E-state index contributed by atoms with van der Waals surface area (Å²) in [6, 6.07) is 8.29. The van der Waals surface area contributed by atoms with Gasteiger partial charge in [0.1, 0.15) is 5.82 Å². The van der Waals surface area contributed by atoms with Gasteiger partial charge in [-0.3, -0.25) is 4.79 Å². The van der Waals surface area contributed by atoms with E-state index >= 15 is 0 Å². The number of para-hydroxylation sites is 2. The average Bonchev–Trinajstić information content (AvgIpc) is 2.87. The largest absolute Gasteiger partial charge is 0.352 e. The SMILES string of the molecule is C=C(C)C(=O)NCCCCCc1nc2ccccc2n1CC. The van der Waals surface area contributed by atoms with Crippen molar-refractivity contribution in [2.45, 2.75) is 46.1 Å². The normalized spacial score (nSPS) is 10.8. The fourth-order valence-electron chi connectivity index (χ4n) is 2.61. The smallest absolute Gasteiger partial charge is 0.246 e. The molecule has 0 aliphatic rings. The number of benzene rings is 1. The summed E-state index contributed by atoms with van der Waals surface area (Å²) in [5, 5.41) is 2.87. The van der Waals surface area contributed by atoms with Crippen molar-refractivity contribution >= 4 is 16.9 Å². The monoisotopic (exact) mass is 299 g/mol. The third-order valence-corrected chi connectivity index (χ3v) is 3.80. The number of aromatic nitrogens is 2. The predicted octanol–water partition coefficient (Wildman–Crippen LogP) is 3.46. The van der Waals surface area contributed by atoms with Gasteiger partial charge in [-0.25, -0.2) is 4.98 Å². The number of carbonyl (C=O) groups is 1. The molecule has 0 atom stereocenters. The maximum atomic E-state index is 11.4. The van der Waals surface area contributed by atoms with Crippen molar-refractivity contribution in [1.82, 2.24) is 14.9 Å². The first-order valence-electron chi connectivity index (χ1n) is 8.01. The predicted molar refractivity (Wildman–Crippen MR) is 90.8 cm³/mol. The van der Waals surface area contributed by atoms with Crippen LogP contribution in [0.5, 0.6) is 0 Å². The molecule has 0 saturated carbocycles. The first kappa shape index (κ1) is 16.3. The molecule has 1 amide bonds. The number of nitrogens with one attached hydrogen (secondary N) is 1. The molecule has 22 heavy (non-hydrogen) atoms. The Labute approximate surface area is 132 Å². The number of fused-ring (bicyclic) bond motifs is 1. The second-order valence-electron chi connectivity index (χ2n) is 5.61. The molecular weight excluding hydrogens is 274 g/mol. The quantitative estimate of drug-likeness (QED) is 0.599. The summed E-state index contributed by atoms with van der Waals surface area (Å²) in [5.74, 6) is 1.11. The molecule has 2 rings (SSSR count). The highest BCUT2D eigenvalue weighted by atomic mass is 16.1. The first-order chi connectivity index (χ1) is 10.6. The Morgan fingerprint density at radius 3 is 2.77 bits per heavy atom. The van der Waals surface area contributed by atoms with Crippen molar-refractivity contribution in [3.63, 3.8) is 0 Å². The lowest BCUT2D eigenvalue weighted by Gasteiger charge is -2.07. The maximum Gasteiger partial charge on any atom is 0.246 e. The van der Waals surface area contributed by atoms with E-state index < -0.39 is 0 Å². The number of aryl methyl sites for hydroxylation is 2. The molecule has 0 saturated heterocycles. The maximum absolute atomic E-state index is 11.4. The lowest BCUT2D eigenvalue weighted by atomic mass is 10.2. The van der Waals surface area contributed by atoms with Crippen molar-refractivity contribution in [3.8, 4) is 0 Å². The van der Waals surface area contributed by atoms with Gasteiger partial charge >= 0.3 is 0 Å². The van der Waals surface area contributed by atoms with Crippen LogP contribution in [0.3, 0.4) is 0 Å². The van der Waals surface area contributed by atoms with Gasteiger partial charge in [0.15, 0.2) is 0 Å². The van der Waals surface area contributed by atoms with Crippen molar-refractivity contribution in [2.24, 2.45) is 0 Å². The fourth-order valence-corrected chi connectivity index (χ4v) is 2.61. The van der Waals surface area contributed by atoms with Crippen LogP contribution in [0.25, 0.3) is 11.0 Å². The number of amides is 1. The fraction of sp³-hybridized carbons (Fsp3) is 0.444. The van der Waals surface area contributed by atoms with E-state index in [0.717, 1.165) is 50.1 Å². The van der Waals surface area contributed by atoms with Crippen LogP contribution in [0, 0.1) is 0 Å². The van der Waals surface area contributed by atoms with Crippen molar-refractivity contribution < 1.29 is 4.79 Å². The molecule has 4 nitrogen and oxygen atoms in total. The highest BCUT2D eigenvalue weighted by Crippen LogP contribution is 2.17. The zero-order chi connectivity index (χ0) is 15.9. The molecule has 1 aromatic heterocycles. The third-order valence-electron chi connectivity index (χ3n) is 3.80. The van der Waals surface area contributed by atoms with Crippen LogP contribution >= 0.6 is 0 Å². The minimum atomic E-state index is -0.0484. The summed E-state index contributed by atoms with van der Waals surface area (Å²) in [4.78, 5) is 16.1. The van der Waals surface area contributed by atoms with E-state index in [0.29, 0.717) is 5.57 Å². The minimum absolute atomic E-state index is 0.0484. The van der Waals surface area contributed by atoms with E-state index in [-0.39, 0.29) is 5.91 Å². The van der Waals surface area contributed by atoms with Crippen molar-refractivity contribution in [2.75, 3.05) is 6.54 Å². The molecule has 0 spiro atoms. The van der Waals surface area contributed by atoms with E-state index in [1.54, 1.807) is 6.92 Å². The zero-order valence-electron chi connectivity index (χ0n) is 13.6. The van der Waals surface area contributed by atoms with Gasteiger partial charge < -0.3 is 9.88 Å². The van der Waals surface area contributed by atoms with E-state index in [1.807, 2.05) is 6.07 Å². The minimum Gasteiger partial charge on any atom is -0.352 e. The average molecular weight is 299 g/mol. The van der Waals surface area contributed by atoms with Crippen molar-refractivity contribution in [1.29, 1.82) is 0 Å². The summed E-state index contributed by atoms with van der Waals surface area (Å²) in [6.07, 6.45) is 4.15. The van der Waals surface area contributed by atoms with Crippen LogP contribution in [0.2, 0.25) is 0 Å². The molecule has 0 fully saturated rings. The number of hydrogen-bond donors (Lipinski definition) is 1. The molecule has 0 aliphatic carbocycles. The third kappa shape index (κ3) is 3.97. The Hall–Kier alpha value is -2.10. The Bertz CT molecular complexity index is 657. The summed E-state index contributed by atoms with van der Waals surface area (Å²) in [7, 11) is 0.